The summed E-state index contributed by atoms with van der Waals surface area (Å²) in [5.41, 5.74) is 6.43. The summed E-state index contributed by atoms with van der Waals surface area (Å²) in [5, 5.41) is 13.7. The smallest absolute Gasteiger partial charge is 0.406 e. The van der Waals surface area contributed by atoms with Crippen molar-refractivity contribution in [2.75, 3.05) is 19.0 Å². The Balaban J connectivity index is 2.68. The Labute approximate surface area is 182 Å². The first-order chi connectivity index (χ1) is 14.5. The van der Waals surface area contributed by atoms with Gasteiger partial charge in [0.2, 0.25) is 0 Å². The molecule has 0 bridgehead atoms. The van der Waals surface area contributed by atoms with Crippen LogP contribution in [0.1, 0.15) is 50.0 Å². The molecule has 2 aromatic rings. The van der Waals surface area contributed by atoms with Crippen molar-refractivity contribution in [3.8, 4) is 16.9 Å². The number of nitrogens with one attached hydrogen (secondary N) is 1. The number of halogens is 3. The van der Waals surface area contributed by atoms with Crippen molar-refractivity contribution in [3.05, 3.63) is 58.8 Å². The third kappa shape index (κ3) is 6.24. The first kappa shape index (κ1) is 24.8. The maximum Gasteiger partial charge on any atom is 0.573 e. The van der Waals surface area contributed by atoms with Gasteiger partial charge in [0.1, 0.15) is 5.75 Å². The maximum absolute atomic E-state index is 12.5. The molecule has 2 N–H and O–H groups in total. The minimum absolute atomic E-state index is 0.260. The Kier molecular flexibility index (Phi) is 8.14. The van der Waals surface area contributed by atoms with Gasteiger partial charge in [0.25, 0.3) is 0 Å². The average Bonchev–Trinajstić information content (AvgIpc) is 2.68. The minimum atomic E-state index is -4.73. The lowest BCUT2D eigenvalue weighted by Crippen LogP contribution is -2.18. The minimum Gasteiger partial charge on any atom is -0.406 e. The monoisotopic (exact) mass is 436 g/mol. The van der Waals surface area contributed by atoms with E-state index in [9.17, 15) is 18.3 Å². The van der Waals surface area contributed by atoms with Gasteiger partial charge in [-0.15, -0.1) is 13.2 Å². The van der Waals surface area contributed by atoms with Gasteiger partial charge in [-0.25, -0.2) is 0 Å². The topological polar surface area (TPSA) is 44.7 Å². The molecule has 0 fully saturated rings. The van der Waals surface area contributed by atoms with Crippen molar-refractivity contribution in [1.82, 2.24) is 5.32 Å². The van der Waals surface area contributed by atoms with Crippen LogP contribution in [0.4, 0.5) is 18.9 Å². The molecule has 31 heavy (non-hydrogen) atoms. The van der Waals surface area contributed by atoms with Crippen molar-refractivity contribution in [2.24, 2.45) is 0 Å². The summed E-state index contributed by atoms with van der Waals surface area (Å²) < 4.78 is 41.5. The lowest BCUT2D eigenvalue weighted by molar-refractivity contribution is -0.274. The quantitative estimate of drug-likeness (QED) is 0.526. The Bertz CT molecular complexity index is 920. The number of anilines is 1. The van der Waals surface area contributed by atoms with Gasteiger partial charge in [0.15, 0.2) is 0 Å². The second kappa shape index (κ2) is 10.2. The number of hydrogen-bond donors (Lipinski definition) is 2. The summed E-state index contributed by atoms with van der Waals surface area (Å²) in [4.78, 5) is 2.01. The van der Waals surface area contributed by atoms with Gasteiger partial charge in [0, 0.05) is 25.4 Å². The fourth-order valence-corrected chi connectivity index (χ4v) is 3.72. The summed E-state index contributed by atoms with van der Waals surface area (Å²) in [5.74, 6) is -0.260. The lowest BCUT2D eigenvalue weighted by Gasteiger charge is -2.28. The van der Waals surface area contributed by atoms with Crippen LogP contribution < -0.4 is 15.0 Å². The van der Waals surface area contributed by atoms with Gasteiger partial charge in [0.05, 0.1) is 11.8 Å². The number of ether oxygens (including phenoxy) is 1. The molecule has 0 saturated carbocycles. The third-order valence-electron chi connectivity index (χ3n) is 5.19. The number of rotatable bonds is 8. The van der Waals surface area contributed by atoms with Crippen LogP contribution in [-0.2, 0) is 6.54 Å². The van der Waals surface area contributed by atoms with Gasteiger partial charge < -0.3 is 20.1 Å². The number of allylic oxidation sites excluding steroid dienone is 1. The van der Waals surface area contributed by atoms with Gasteiger partial charge in [-0.1, -0.05) is 24.6 Å². The zero-order valence-electron chi connectivity index (χ0n) is 18.9. The molecule has 0 amide bonds. The van der Waals surface area contributed by atoms with Crippen LogP contribution in [0, 0.1) is 6.92 Å². The number of benzene rings is 2. The van der Waals surface area contributed by atoms with Crippen molar-refractivity contribution >= 4 is 5.69 Å². The molecule has 0 saturated heterocycles. The Morgan fingerprint density at radius 1 is 1.26 bits per heavy atom. The highest BCUT2D eigenvalue weighted by molar-refractivity contribution is 5.79. The molecular formula is C24H31F3N2O2. The summed E-state index contributed by atoms with van der Waals surface area (Å²) in [6.07, 6.45) is -2.47. The zero-order chi connectivity index (χ0) is 23.3. The van der Waals surface area contributed by atoms with Gasteiger partial charge in [-0.3, -0.25) is 0 Å². The molecule has 4 nitrogen and oxygen atoms in total. The predicted molar refractivity (Wildman–Crippen MR) is 119 cm³/mol. The fourth-order valence-electron chi connectivity index (χ4n) is 3.72. The molecule has 170 valence electrons. The fraction of sp³-hybridized carbons (Fsp3) is 0.417. The molecule has 0 aromatic heterocycles. The molecule has 2 rings (SSSR count). The first-order valence-electron chi connectivity index (χ1n) is 10.2. The maximum atomic E-state index is 12.5. The highest BCUT2D eigenvalue weighted by Crippen LogP contribution is 2.40. The Hall–Kier alpha value is -2.51. The number of nitrogens with zero attached hydrogens (tertiary/aromatic N) is 1. The van der Waals surface area contributed by atoms with Crippen LogP contribution in [0.2, 0.25) is 0 Å². The van der Waals surface area contributed by atoms with E-state index in [4.69, 9.17) is 0 Å². The first-order valence-corrected chi connectivity index (χ1v) is 10.2. The van der Waals surface area contributed by atoms with E-state index in [0.717, 1.165) is 39.9 Å². The van der Waals surface area contributed by atoms with E-state index in [-0.39, 0.29) is 5.75 Å². The highest BCUT2D eigenvalue weighted by atomic mass is 19.4. The largest absolute Gasteiger partial charge is 0.573 e. The molecular weight excluding hydrogens is 405 g/mol. The van der Waals surface area contributed by atoms with E-state index in [1.807, 2.05) is 45.1 Å². The SMILES string of the molecule is CC/C(C)=C/N(C)c1c(C)c(-c2ccc(OC(F)(F)F)cc2)cc(CNC)c1C(C)O. The number of aliphatic hydroxyl groups is 1. The van der Waals surface area contributed by atoms with E-state index < -0.39 is 12.5 Å². The van der Waals surface area contributed by atoms with E-state index in [0.29, 0.717) is 6.54 Å². The normalized spacial score (nSPS) is 13.3. The summed E-state index contributed by atoms with van der Waals surface area (Å²) >= 11 is 0. The zero-order valence-corrected chi connectivity index (χ0v) is 18.9. The van der Waals surface area contributed by atoms with Crippen LogP contribution in [0.3, 0.4) is 0 Å². The molecule has 0 spiro atoms. The van der Waals surface area contributed by atoms with Crippen LogP contribution in [0.15, 0.2) is 42.1 Å². The predicted octanol–water partition coefficient (Wildman–Crippen LogP) is 6.08. The number of alkyl halides is 3. The summed E-state index contributed by atoms with van der Waals surface area (Å²) in [6, 6.07) is 7.85. The van der Waals surface area contributed by atoms with Crippen LogP contribution in [-0.4, -0.2) is 25.6 Å². The lowest BCUT2D eigenvalue weighted by atomic mass is 9.89. The second-order valence-corrected chi connectivity index (χ2v) is 7.69. The van der Waals surface area contributed by atoms with E-state index >= 15 is 0 Å². The second-order valence-electron chi connectivity index (χ2n) is 7.69. The van der Waals surface area contributed by atoms with Crippen molar-refractivity contribution in [1.29, 1.82) is 0 Å². The Morgan fingerprint density at radius 2 is 1.87 bits per heavy atom. The van der Waals surface area contributed by atoms with E-state index in [1.54, 1.807) is 19.1 Å². The molecule has 1 atom stereocenters. The molecule has 0 heterocycles. The van der Waals surface area contributed by atoms with Crippen molar-refractivity contribution in [2.45, 2.75) is 53.1 Å². The standard InChI is InChI=1S/C24H31F3N2O2/c1-7-15(2)14-29(6)23-16(3)21(12-19(13-28-5)22(23)17(4)30)18-8-10-20(11-9-18)31-24(25,26)27/h8-12,14,17,28,30H,7,13H2,1-6H3/b15-14+. The van der Waals surface area contributed by atoms with Gasteiger partial charge in [-0.05, 0) is 74.7 Å². The van der Waals surface area contributed by atoms with Crippen LogP contribution in [0.25, 0.3) is 11.1 Å². The van der Waals surface area contributed by atoms with Crippen molar-refractivity contribution < 1.29 is 23.0 Å². The Morgan fingerprint density at radius 3 is 2.35 bits per heavy atom. The average molecular weight is 437 g/mol. The molecule has 0 aliphatic carbocycles. The molecule has 7 heteroatoms. The van der Waals surface area contributed by atoms with Gasteiger partial charge >= 0.3 is 6.36 Å². The van der Waals surface area contributed by atoms with E-state index in [1.165, 1.54) is 17.7 Å². The number of hydrogen-bond acceptors (Lipinski definition) is 4. The van der Waals surface area contributed by atoms with Crippen LogP contribution >= 0.6 is 0 Å². The molecule has 0 aliphatic rings. The van der Waals surface area contributed by atoms with Crippen molar-refractivity contribution in [3.63, 3.8) is 0 Å². The third-order valence-corrected chi connectivity index (χ3v) is 5.19. The molecule has 1 unspecified atom stereocenters. The van der Waals surface area contributed by atoms with E-state index in [2.05, 4.69) is 17.0 Å². The number of aliphatic hydroxyl groups excluding tert-OH is 1. The van der Waals surface area contributed by atoms with Crippen LogP contribution in [0.5, 0.6) is 5.75 Å². The molecule has 2 aromatic carbocycles. The summed E-state index contributed by atoms with van der Waals surface area (Å²) in [6.45, 7) is 8.37. The van der Waals surface area contributed by atoms with Gasteiger partial charge in [-0.2, -0.15) is 0 Å². The summed E-state index contributed by atoms with van der Waals surface area (Å²) in [7, 11) is 3.78. The molecule has 0 radical (unpaired) electrons. The highest BCUT2D eigenvalue weighted by Gasteiger charge is 2.31. The molecule has 0 aliphatic heterocycles.